The molecule has 11 heteroatoms. The molecule has 1 unspecified atom stereocenters. The second-order valence-corrected chi connectivity index (χ2v) is 12.3. The molecule has 3 aromatic rings. The Bertz CT molecular complexity index is 1450. The molecule has 0 radical (unpaired) electrons. The number of ether oxygens (including phenoxy) is 1. The Morgan fingerprint density at radius 2 is 1.90 bits per heavy atom. The van der Waals surface area contributed by atoms with Crippen LogP contribution in [0, 0.1) is 0 Å². The summed E-state index contributed by atoms with van der Waals surface area (Å²) in [4.78, 5) is 18.1. The fourth-order valence-electron chi connectivity index (χ4n) is 4.10. The van der Waals surface area contributed by atoms with Crippen LogP contribution in [0.2, 0.25) is 5.02 Å². The number of imidazole rings is 1. The second-order valence-electron chi connectivity index (χ2n) is 9.06. The number of allylic oxidation sites excluding steroid dienone is 1. The molecule has 0 bridgehead atoms. The summed E-state index contributed by atoms with van der Waals surface area (Å²) >= 11 is 7.05. The Labute approximate surface area is 237 Å². The van der Waals surface area contributed by atoms with Crippen LogP contribution in [0.1, 0.15) is 25.7 Å². The van der Waals surface area contributed by atoms with Crippen LogP contribution in [0.25, 0.3) is 0 Å². The molecule has 1 aliphatic rings. The SMILES string of the molecule is Cn1ccnc1SC1=CC(O)(CCCCOc2ccccc2)/C(=C/CCNS(=O)(=O)c2ccc(Cl)cc2)C1=O. The molecule has 1 aliphatic carbocycles. The van der Waals surface area contributed by atoms with Gasteiger partial charge in [0.2, 0.25) is 10.0 Å². The van der Waals surface area contributed by atoms with E-state index in [1.807, 2.05) is 37.4 Å². The first-order valence-electron chi connectivity index (χ1n) is 12.5. The molecule has 0 spiro atoms. The van der Waals surface area contributed by atoms with Crippen LogP contribution in [0.15, 0.2) is 99.7 Å². The largest absolute Gasteiger partial charge is 0.494 e. The molecule has 2 aromatic carbocycles. The Morgan fingerprint density at radius 3 is 2.59 bits per heavy atom. The molecule has 0 fully saturated rings. The number of ketones is 1. The van der Waals surface area contributed by atoms with E-state index in [1.54, 1.807) is 29.1 Å². The lowest BCUT2D eigenvalue weighted by Crippen LogP contribution is -2.29. The fraction of sp³-hybridized carbons (Fsp3) is 0.286. The van der Waals surface area contributed by atoms with Gasteiger partial charge in [-0.1, -0.05) is 35.9 Å². The third-order valence-corrected chi connectivity index (χ3v) is 8.98. The van der Waals surface area contributed by atoms with Crippen LogP contribution in [0.5, 0.6) is 5.75 Å². The monoisotopic (exact) mass is 587 g/mol. The number of nitrogens with one attached hydrogen (secondary N) is 1. The van der Waals surface area contributed by atoms with E-state index in [9.17, 15) is 18.3 Å². The summed E-state index contributed by atoms with van der Waals surface area (Å²) in [5, 5.41) is 12.6. The number of rotatable bonds is 13. The van der Waals surface area contributed by atoms with Crippen molar-refractivity contribution in [3.8, 4) is 5.75 Å². The van der Waals surface area contributed by atoms with Crippen molar-refractivity contribution in [2.45, 2.75) is 41.3 Å². The van der Waals surface area contributed by atoms with Crippen LogP contribution in [0.3, 0.4) is 0 Å². The van der Waals surface area contributed by atoms with E-state index in [4.69, 9.17) is 16.3 Å². The number of carbonyl (C=O) groups excluding carboxylic acids is 1. The van der Waals surface area contributed by atoms with E-state index < -0.39 is 15.6 Å². The molecule has 0 saturated heterocycles. The average molecular weight is 588 g/mol. The van der Waals surface area contributed by atoms with E-state index in [1.165, 1.54) is 36.0 Å². The van der Waals surface area contributed by atoms with Crippen LogP contribution < -0.4 is 9.46 Å². The van der Waals surface area contributed by atoms with Gasteiger partial charge in [0, 0.05) is 36.6 Å². The van der Waals surface area contributed by atoms with Gasteiger partial charge in [0.15, 0.2) is 10.9 Å². The molecule has 206 valence electrons. The summed E-state index contributed by atoms with van der Waals surface area (Å²) in [7, 11) is -1.90. The summed E-state index contributed by atoms with van der Waals surface area (Å²) in [5.74, 6) is 0.495. The lowest BCUT2D eigenvalue weighted by Gasteiger charge is -2.22. The number of benzene rings is 2. The molecular formula is C28H30ClN3O5S2. The van der Waals surface area contributed by atoms with E-state index in [2.05, 4.69) is 9.71 Å². The maximum atomic E-state index is 13.3. The van der Waals surface area contributed by atoms with Gasteiger partial charge in [0.25, 0.3) is 0 Å². The maximum absolute atomic E-state index is 13.3. The van der Waals surface area contributed by atoms with E-state index in [0.29, 0.717) is 41.0 Å². The average Bonchev–Trinajstić information content (AvgIpc) is 3.42. The zero-order valence-corrected chi connectivity index (χ0v) is 23.8. The van der Waals surface area contributed by atoms with Gasteiger partial charge in [0.1, 0.15) is 11.4 Å². The zero-order chi connectivity index (χ0) is 27.9. The number of nitrogens with zero attached hydrogens (tertiary/aromatic N) is 2. The molecule has 1 atom stereocenters. The van der Waals surface area contributed by atoms with Crippen molar-refractivity contribution in [2.24, 2.45) is 7.05 Å². The van der Waals surface area contributed by atoms with Gasteiger partial charge in [-0.15, -0.1) is 0 Å². The number of thioether (sulfide) groups is 1. The molecule has 0 amide bonds. The highest BCUT2D eigenvalue weighted by Gasteiger charge is 2.41. The highest BCUT2D eigenvalue weighted by molar-refractivity contribution is 8.04. The number of hydrogen-bond acceptors (Lipinski definition) is 7. The van der Waals surface area contributed by atoms with Gasteiger partial charge in [0.05, 0.1) is 16.4 Å². The summed E-state index contributed by atoms with van der Waals surface area (Å²) in [6.07, 6.45) is 8.50. The number of unbranched alkanes of at least 4 members (excludes halogenated alkanes) is 1. The first-order valence-corrected chi connectivity index (χ1v) is 15.1. The second kappa shape index (κ2) is 13.0. The topological polar surface area (TPSA) is 111 Å². The number of aryl methyl sites for hydroxylation is 1. The van der Waals surface area contributed by atoms with Crippen LogP contribution in [-0.2, 0) is 21.9 Å². The number of Topliss-reactive ketones (excluding diaryl/α,β-unsaturated/α-hetero) is 1. The molecule has 0 aliphatic heterocycles. The highest BCUT2D eigenvalue weighted by Crippen LogP contribution is 2.41. The minimum Gasteiger partial charge on any atom is -0.494 e. The van der Waals surface area contributed by atoms with Crippen molar-refractivity contribution in [1.82, 2.24) is 14.3 Å². The Kier molecular flexibility index (Phi) is 9.68. The van der Waals surface area contributed by atoms with Gasteiger partial charge < -0.3 is 14.4 Å². The first-order chi connectivity index (χ1) is 18.7. The minimum absolute atomic E-state index is 0.0601. The van der Waals surface area contributed by atoms with Crippen LogP contribution >= 0.6 is 23.4 Å². The molecule has 4 rings (SSSR count). The van der Waals surface area contributed by atoms with Gasteiger partial charge in [-0.05, 0) is 79.9 Å². The smallest absolute Gasteiger partial charge is 0.240 e. The van der Waals surface area contributed by atoms with Crippen molar-refractivity contribution in [3.63, 3.8) is 0 Å². The molecule has 8 nitrogen and oxygen atoms in total. The summed E-state index contributed by atoms with van der Waals surface area (Å²) in [5.41, 5.74) is -1.22. The normalized spacial score (nSPS) is 18.5. The quantitative estimate of drug-likeness (QED) is 0.216. The Hall–Kier alpha value is -2.89. The highest BCUT2D eigenvalue weighted by atomic mass is 35.5. The van der Waals surface area contributed by atoms with E-state index >= 15 is 0 Å². The lowest BCUT2D eigenvalue weighted by molar-refractivity contribution is -0.112. The number of para-hydroxylation sites is 1. The van der Waals surface area contributed by atoms with Gasteiger partial charge in [-0.25, -0.2) is 18.1 Å². The molecular weight excluding hydrogens is 558 g/mol. The van der Waals surface area contributed by atoms with Gasteiger partial charge in [-0.2, -0.15) is 0 Å². The third kappa shape index (κ3) is 7.61. The minimum atomic E-state index is -3.74. The van der Waals surface area contributed by atoms with Crippen molar-refractivity contribution < 1.29 is 23.1 Å². The van der Waals surface area contributed by atoms with Crippen LogP contribution in [0.4, 0.5) is 0 Å². The molecule has 1 heterocycles. The standard InChI is InChI=1S/C28H30ClN3O5S2/c1-32-18-17-30-27(32)38-25-20-28(34,15-5-6-19-37-22-8-3-2-4-9-22)24(26(25)33)10-7-16-31-39(35,36)23-13-11-21(29)12-14-23/h2-4,8-14,17-18,20,31,34H,5-7,15-16,19H2,1H3/b24-10+. The van der Waals surface area contributed by atoms with Gasteiger partial charge >= 0.3 is 0 Å². The van der Waals surface area contributed by atoms with Crippen LogP contribution in [-0.4, -0.2) is 47.6 Å². The summed E-state index contributed by atoms with van der Waals surface area (Å²) in [6.45, 7) is 0.544. The predicted molar refractivity (Wildman–Crippen MR) is 152 cm³/mol. The summed E-state index contributed by atoms with van der Waals surface area (Å²) < 4.78 is 35.2. The molecule has 39 heavy (non-hydrogen) atoms. The van der Waals surface area contributed by atoms with E-state index in [-0.39, 0.29) is 29.2 Å². The summed E-state index contributed by atoms with van der Waals surface area (Å²) in [6, 6.07) is 15.4. The number of sulfonamides is 1. The van der Waals surface area contributed by atoms with Crippen molar-refractivity contribution in [2.75, 3.05) is 13.2 Å². The number of hydrogen-bond donors (Lipinski definition) is 2. The predicted octanol–water partition coefficient (Wildman–Crippen LogP) is 4.91. The molecule has 1 aromatic heterocycles. The maximum Gasteiger partial charge on any atom is 0.240 e. The number of carbonyl (C=O) groups is 1. The van der Waals surface area contributed by atoms with Crippen molar-refractivity contribution in [1.29, 1.82) is 0 Å². The fourth-order valence-corrected chi connectivity index (χ4v) is 6.25. The lowest BCUT2D eigenvalue weighted by atomic mass is 9.90. The number of aromatic nitrogens is 2. The first kappa shape index (κ1) is 29.1. The molecule has 2 N–H and O–H groups in total. The number of aliphatic hydroxyl groups is 1. The van der Waals surface area contributed by atoms with Crippen molar-refractivity contribution in [3.05, 3.63) is 94.6 Å². The third-order valence-electron chi connectivity index (χ3n) is 6.16. The zero-order valence-electron chi connectivity index (χ0n) is 21.4. The number of halogens is 1. The van der Waals surface area contributed by atoms with Crippen molar-refractivity contribution >= 4 is 39.2 Å². The van der Waals surface area contributed by atoms with E-state index in [0.717, 1.165) is 5.75 Å². The molecule has 0 saturated carbocycles. The van der Waals surface area contributed by atoms with Gasteiger partial charge in [-0.3, -0.25) is 4.79 Å². The Morgan fingerprint density at radius 1 is 1.15 bits per heavy atom. The Balaban J connectivity index is 1.41.